The molecule has 0 radical (unpaired) electrons. The van der Waals surface area contributed by atoms with E-state index >= 15 is 0 Å². The van der Waals surface area contributed by atoms with Gasteiger partial charge >= 0.3 is 0 Å². The highest BCUT2D eigenvalue weighted by molar-refractivity contribution is 7.98. The summed E-state index contributed by atoms with van der Waals surface area (Å²) >= 11 is 1.51. The molecule has 0 unspecified atom stereocenters. The predicted molar refractivity (Wildman–Crippen MR) is 101 cm³/mol. The van der Waals surface area contributed by atoms with Crippen molar-refractivity contribution in [1.82, 2.24) is 10.2 Å². The summed E-state index contributed by atoms with van der Waals surface area (Å²) in [6, 6.07) is 25.0. The lowest BCUT2D eigenvalue weighted by Gasteiger charge is -2.09. The van der Waals surface area contributed by atoms with Crippen LogP contribution in [-0.2, 0) is 5.75 Å². The van der Waals surface area contributed by atoms with Gasteiger partial charge in [0.25, 0.3) is 0 Å². The first-order chi connectivity index (χ1) is 12.3. The van der Waals surface area contributed by atoms with Crippen LogP contribution in [0.15, 0.2) is 83.9 Å². The molecule has 4 rings (SSSR count). The van der Waals surface area contributed by atoms with Gasteiger partial charge in [0.15, 0.2) is 0 Å². The molecule has 3 aromatic carbocycles. The Balaban J connectivity index is 1.73. The number of halogens is 1. The van der Waals surface area contributed by atoms with Crippen LogP contribution in [-0.4, -0.2) is 10.2 Å². The molecule has 25 heavy (non-hydrogen) atoms. The molecule has 4 aromatic rings. The van der Waals surface area contributed by atoms with Crippen molar-refractivity contribution in [3.63, 3.8) is 0 Å². The average molecular weight is 346 g/mol. The van der Waals surface area contributed by atoms with Gasteiger partial charge in [0.05, 0.1) is 0 Å². The highest BCUT2D eigenvalue weighted by atomic mass is 32.2. The first kappa shape index (κ1) is 15.8. The lowest BCUT2D eigenvalue weighted by Crippen LogP contribution is -1.94. The predicted octanol–water partition coefficient (Wildman–Crippen LogP) is 5.73. The van der Waals surface area contributed by atoms with Gasteiger partial charge in [-0.05, 0) is 11.6 Å². The largest absolute Gasteiger partial charge is 0.207 e. The quantitative estimate of drug-likeness (QED) is 0.441. The molecular weight excluding hydrogens is 331 g/mol. The molecule has 2 nitrogen and oxygen atoms in total. The van der Waals surface area contributed by atoms with Crippen molar-refractivity contribution >= 4 is 22.5 Å². The van der Waals surface area contributed by atoms with Crippen LogP contribution in [0.2, 0.25) is 0 Å². The molecule has 122 valence electrons. The third kappa shape index (κ3) is 3.26. The normalized spacial score (nSPS) is 10.9. The number of hydrogen-bond acceptors (Lipinski definition) is 3. The minimum atomic E-state index is -0.187. The second kappa shape index (κ2) is 7.03. The van der Waals surface area contributed by atoms with Crippen LogP contribution < -0.4 is 0 Å². The Labute approximate surface area is 149 Å². The Morgan fingerprint density at radius 2 is 1.40 bits per heavy atom. The molecule has 4 heteroatoms. The fraction of sp³-hybridized carbons (Fsp3) is 0.0476. The fourth-order valence-electron chi connectivity index (χ4n) is 2.76. The molecule has 0 spiro atoms. The number of rotatable bonds is 4. The maximum atomic E-state index is 13.8. The molecule has 1 heterocycles. The van der Waals surface area contributed by atoms with Gasteiger partial charge in [-0.15, -0.1) is 10.2 Å². The number of benzene rings is 3. The monoisotopic (exact) mass is 346 g/mol. The molecule has 0 bridgehead atoms. The van der Waals surface area contributed by atoms with Crippen molar-refractivity contribution in [1.29, 1.82) is 0 Å². The smallest absolute Gasteiger partial charge is 0.127 e. The lowest BCUT2D eigenvalue weighted by atomic mass is 10.1. The van der Waals surface area contributed by atoms with Crippen molar-refractivity contribution in [3.05, 3.63) is 90.2 Å². The van der Waals surface area contributed by atoms with Crippen LogP contribution in [0.5, 0.6) is 0 Å². The van der Waals surface area contributed by atoms with E-state index in [1.807, 2.05) is 54.6 Å². The zero-order valence-electron chi connectivity index (χ0n) is 13.4. The van der Waals surface area contributed by atoms with E-state index < -0.39 is 0 Å². The van der Waals surface area contributed by atoms with Crippen LogP contribution >= 0.6 is 11.8 Å². The van der Waals surface area contributed by atoms with Crippen LogP contribution in [0.1, 0.15) is 5.56 Å². The Bertz CT molecular complexity index is 1020. The molecule has 0 saturated heterocycles. The minimum absolute atomic E-state index is 0.187. The van der Waals surface area contributed by atoms with Crippen LogP contribution in [0.4, 0.5) is 4.39 Å². The summed E-state index contributed by atoms with van der Waals surface area (Å²) in [5.41, 5.74) is 2.58. The van der Waals surface area contributed by atoms with E-state index in [1.165, 1.54) is 17.8 Å². The topological polar surface area (TPSA) is 25.8 Å². The van der Waals surface area contributed by atoms with Crippen molar-refractivity contribution in [2.24, 2.45) is 0 Å². The maximum Gasteiger partial charge on any atom is 0.127 e. The minimum Gasteiger partial charge on any atom is -0.207 e. The second-order valence-corrected chi connectivity index (χ2v) is 6.61. The summed E-state index contributed by atoms with van der Waals surface area (Å²) < 4.78 is 13.8. The van der Waals surface area contributed by atoms with E-state index in [4.69, 9.17) is 0 Å². The zero-order valence-corrected chi connectivity index (χ0v) is 14.2. The van der Waals surface area contributed by atoms with Crippen molar-refractivity contribution in [3.8, 4) is 11.3 Å². The van der Waals surface area contributed by atoms with E-state index in [0.29, 0.717) is 11.3 Å². The molecule has 1 aromatic heterocycles. The van der Waals surface area contributed by atoms with E-state index in [-0.39, 0.29) is 5.82 Å². The number of hydrogen-bond donors (Lipinski definition) is 0. The SMILES string of the molecule is Fc1ccccc1CSc1nnc(-c2ccccc2)c2ccccc12. The highest BCUT2D eigenvalue weighted by Crippen LogP contribution is 2.33. The van der Waals surface area contributed by atoms with Crippen molar-refractivity contribution < 1.29 is 4.39 Å². The van der Waals surface area contributed by atoms with Gasteiger partial charge in [0.2, 0.25) is 0 Å². The Kier molecular flexibility index (Phi) is 4.44. The molecule has 0 amide bonds. The molecule has 0 atom stereocenters. The van der Waals surface area contributed by atoms with Crippen LogP contribution in [0, 0.1) is 5.82 Å². The second-order valence-electron chi connectivity index (χ2n) is 5.65. The number of thioether (sulfide) groups is 1. The Morgan fingerprint density at radius 1 is 0.720 bits per heavy atom. The third-order valence-corrected chi connectivity index (χ3v) is 5.05. The van der Waals surface area contributed by atoms with Gasteiger partial charge < -0.3 is 0 Å². The first-order valence-corrected chi connectivity index (χ1v) is 8.98. The van der Waals surface area contributed by atoms with Gasteiger partial charge in [-0.25, -0.2) is 4.39 Å². The highest BCUT2D eigenvalue weighted by Gasteiger charge is 2.12. The summed E-state index contributed by atoms with van der Waals surface area (Å²) in [5.74, 6) is 0.337. The fourth-order valence-corrected chi connectivity index (χ4v) is 3.72. The summed E-state index contributed by atoms with van der Waals surface area (Å²) in [5, 5.41) is 11.8. The molecule has 0 fully saturated rings. The van der Waals surface area contributed by atoms with E-state index in [0.717, 1.165) is 27.1 Å². The molecular formula is C21H15FN2S. The van der Waals surface area contributed by atoms with Gasteiger partial charge in [-0.1, -0.05) is 84.6 Å². The third-order valence-electron chi connectivity index (χ3n) is 4.02. The zero-order chi connectivity index (χ0) is 17.1. The van der Waals surface area contributed by atoms with Crippen LogP contribution in [0.25, 0.3) is 22.0 Å². The standard InChI is InChI=1S/C21H15FN2S/c22-19-13-7-4-10-16(19)14-25-21-18-12-6-5-11-17(18)20(23-24-21)15-8-2-1-3-9-15/h1-13H,14H2. The molecule has 0 N–H and O–H groups in total. The Hall–Kier alpha value is -2.72. The van der Waals surface area contributed by atoms with Gasteiger partial charge in [0.1, 0.15) is 16.5 Å². The van der Waals surface area contributed by atoms with E-state index in [1.54, 1.807) is 12.1 Å². The summed E-state index contributed by atoms with van der Waals surface area (Å²) in [7, 11) is 0. The van der Waals surface area contributed by atoms with Crippen LogP contribution in [0.3, 0.4) is 0 Å². The molecule has 0 aliphatic heterocycles. The summed E-state index contributed by atoms with van der Waals surface area (Å²) in [6.07, 6.45) is 0. The lowest BCUT2D eigenvalue weighted by molar-refractivity contribution is 0.617. The first-order valence-electron chi connectivity index (χ1n) is 8.00. The van der Waals surface area contributed by atoms with Gasteiger partial charge in [0, 0.05) is 22.1 Å². The number of aromatic nitrogens is 2. The van der Waals surface area contributed by atoms with E-state index in [2.05, 4.69) is 16.3 Å². The summed E-state index contributed by atoms with van der Waals surface area (Å²) in [6.45, 7) is 0. The van der Waals surface area contributed by atoms with E-state index in [9.17, 15) is 4.39 Å². The van der Waals surface area contributed by atoms with Crippen molar-refractivity contribution in [2.75, 3.05) is 0 Å². The number of nitrogens with zero attached hydrogens (tertiary/aromatic N) is 2. The molecule has 0 aliphatic rings. The van der Waals surface area contributed by atoms with Crippen molar-refractivity contribution in [2.45, 2.75) is 10.8 Å². The molecule has 0 aliphatic carbocycles. The molecule has 0 saturated carbocycles. The summed E-state index contributed by atoms with van der Waals surface area (Å²) in [4.78, 5) is 0. The van der Waals surface area contributed by atoms with Gasteiger partial charge in [-0.3, -0.25) is 0 Å². The maximum absolute atomic E-state index is 13.8. The Morgan fingerprint density at radius 3 is 2.20 bits per heavy atom. The van der Waals surface area contributed by atoms with Gasteiger partial charge in [-0.2, -0.15) is 0 Å². The average Bonchev–Trinajstić information content (AvgIpc) is 2.68. The number of fused-ring (bicyclic) bond motifs is 1.